The molecule has 0 aromatic heterocycles. The Labute approximate surface area is 174 Å². The Morgan fingerprint density at radius 2 is 1.77 bits per heavy atom. The summed E-state index contributed by atoms with van der Waals surface area (Å²) in [6, 6.07) is 4.89. The smallest absolute Gasteiger partial charge is 0.191 e. The Kier molecular flexibility index (Phi) is 15.7. The number of nitrogens with one attached hydrogen (secondary N) is 2. The van der Waals surface area contributed by atoms with Crippen LogP contribution in [0.3, 0.4) is 0 Å². The van der Waals surface area contributed by atoms with Gasteiger partial charge in [-0.05, 0) is 43.0 Å². The first-order valence-electron chi connectivity index (χ1n) is 9.02. The van der Waals surface area contributed by atoms with E-state index < -0.39 is 0 Å². The summed E-state index contributed by atoms with van der Waals surface area (Å²) in [6.07, 6.45) is 3.07. The van der Waals surface area contributed by atoms with E-state index in [9.17, 15) is 4.39 Å². The largest absolute Gasteiger partial charge is 0.379 e. The third kappa shape index (κ3) is 11.6. The second kappa shape index (κ2) is 16.3. The summed E-state index contributed by atoms with van der Waals surface area (Å²) in [4.78, 5) is 4.18. The molecule has 150 valence electrons. The van der Waals surface area contributed by atoms with E-state index in [1.165, 1.54) is 6.07 Å². The van der Waals surface area contributed by atoms with E-state index in [1.807, 2.05) is 13.0 Å². The van der Waals surface area contributed by atoms with Gasteiger partial charge in [0.15, 0.2) is 5.96 Å². The number of aliphatic imine (C=N–C) groups is 1. The van der Waals surface area contributed by atoms with Crippen LogP contribution in [0.25, 0.3) is 0 Å². The van der Waals surface area contributed by atoms with E-state index in [4.69, 9.17) is 9.47 Å². The molecule has 1 aromatic rings. The van der Waals surface area contributed by atoms with Gasteiger partial charge in [-0.1, -0.05) is 19.4 Å². The highest BCUT2D eigenvalue weighted by Crippen LogP contribution is 2.10. The molecule has 7 heteroatoms. The summed E-state index contributed by atoms with van der Waals surface area (Å²) in [5, 5.41) is 6.45. The second-order valence-corrected chi connectivity index (χ2v) is 5.82. The molecule has 0 aliphatic rings. The number of halogens is 2. The van der Waals surface area contributed by atoms with Crippen LogP contribution in [0, 0.1) is 12.7 Å². The lowest BCUT2D eigenvalue weighted by Crippen LogP contribution is -2.40. The van der Waals surface area contributed by atoms with E-state index in [0.29, 0.717) is 26.4 Å². The minimum absolute atomic E-state index is 0. The van der Waals surface area contributed by atoms with Crippen molar-refractivity contribution in [2.75, 3.05) is 46.6 Å². The molecule has 0 fully saturated rings. The van der Waals surface area contributed by atoms with Gasteiger partial charge in [0.25, 0.3) is 0 Å². The Balaban J connectivity index is 0.00000625. The summed E-state index contributed by atoms with van der Waals surface area (Å²) in [6.45, 7) is 8.16. The molecule has 0 amide bonds. The van der Waals surface area contributed by atoms with Crippen molar-refractivity contribution in [1.82, 2.24) is 10.6 Å². The van der Waals surface area contributed by atoms with Gasteiger partial charge < -0.3 is 20.1 Å². The predicted molar refractivity (Wildman–Crippen MR) is 116 cm³/mol. The maximum Gasteiger partial charge on any atom is 0.191 e. The number of aryl methyl sites for hydroxylation is 1. The summed E-state index contributed by atoms with van der Waals surface area (Å²) in [5.74, 6) is 0.546. The van der Waals surface area contributed by atoms with Crippen LogP contribution in [-0.4, -0.2) is 52.5 Å². The minimum atomic E-state index is -0.192. The van der Waals surface area contributed by atoms with Crippen molar-refractivity contribution >= 4 is 29.9 Å². The number of hydrogen-bond acceptors (Lipinski definition) is 3. The number of rotatable bonds is 12. The van der Waals surface area contributed by atoms with Gasteiger partial charge in [-0.15, -0.1) is 24.0 Å². The second-order valence-electron chi connectivity index (χ2n) is 5.82. The van der Waals surface area contributed by atoms with Gasteiger partial charge in [0.05, 0.1) is 19.8 Å². The quantitative estimate of drug-likeness (QED) is 0.208. The number of guanidine groups is 1. The van der Waals surface area contributed by atoms with Crippen LogP contribution >= 0.6 is 24.0 Å². The molecule has 0 heterocycles. The fraction of sp³-hybridized carbons (Fsp3) is 0.632. The number of unbranched alkanes of at least 4 members (excludes halogenated alkanes) is 1. The molecule has 0 aliphatic carbocycles. The molecule has 1 rings (SSSR count). The van der Waals surface area contributed by atoms with Gasteiger partial charge in [0.2, 0.25) is 0 Å². The monoisotopic (exact) mass is 481 g/mol. The maximum absolute atomic E-state index is 13.1. The van der Waals surface area contributed by atoms with Gasteiger partial charge in [0.1, 0.15) is 5.82 Å². The van der Waals surface area contributed by atoms with E-state index in [0.717, 1.165) is 49.5 Å². The van der Waals surface area contributed by atoms with Crippen LogP contribution in [0.1, 0.15) is 30.9 Å². The molecule has 0 saturated carbocycles. The molecule has 0 spiro atoms. The molecule has 0 saturated heterocycles. The van der Waals surface area contributed by atoms with Gasteiger partial charge in [-0.2, -0.15) is 0 Å². The molecule has 1 aromatic carbocycles. The Bertz CT molecular complexity index is 516. The molecule has 0 unspecified atom stereocenters. The summed E-state index contributed by atoms with van der Waals surface area (Å²) >= 11 is 0. The molecule has 5 nitrogen and oxygen atoms in total. The van der Waals surface area contributed by atoms with Crippen LogP contribution in [0.4, 0.5) is 4.39 Å². The highest BCUT2D eigenvalue weighted by Gasteiger charge is 2.01. The standard InChI is InChI=1S/C19H32FN3O2.HI/c1-4-5-11-24-13-14-25-12-10-23-19(21-3)22-9-8-17-6-7-18(20)15-16(17)2;/h6-7,15H,4-5,8-14H2,1-3H3,(H2,21,22,23);1H. The third-order valence-electron chi connectivity index (χ3n) is 3.77. The Morgan fingerprint density at radius 1 is 1.08 bits per heavy atom. The minimum Gasteiger partial charge on any atom is -0.379 e. The van der Waals surface area contributed by atoms with Crippen LogP contribution in [0.2, 0.25) is 0 Å². The number of hydrogen-bond donors (Lipinski definition) is 2. The zero-order valence-electron chi connectivity index (χ0n) is 16.1. The van der Waals surface area contributed by atoms with Crippen molar-refractivity contribution in [3.8, 4) is 0 Å². The molecule has 0 bridgehead atoms. The maximum atomic E-state index is 13.1. The molecule has 0 aliphatic heterocycles. The molecule has 0 atom stereocenters. The van der Waals surface area contributed by atoms with Crippen LogP contribution < -0.4 is 10.6 Å². The molecular weight excluding hydrogens is 448 g/mol. The first-order valence-corrected chi connectivity index (χ1v) is 9.02. The summed E-state index contributed by atoms with van der Waals surface area (Å²) in [7, 11) is 1.74. The predicted octanol–water partition coefficient (Wildman–Crippen LogP) is 3.29. The van der Waals surface area contributed by atoms with Gasteiger partial charge in [-0.25, -0.2) is 4.39 Å². The number of benzene rings is 1. The van der Waals surface area contributed by atoms with Crippen molar-refractivity contribution in [3.05, 3.63) is 35.1 Å². The Hall–Kier alpha value is -0.930. The zero-order chi connectivity index (χ0) is 18.3. The summed E-state index contributed by atoms with van der Waals surface area (Å²) < 4.78 is 24.0. The fourth-order valence-corrected chi connectivity index (χ4v) is 2.29. The van der Waals surface area contributed by atoms with Crippen molar-refractivity contribution in [2.24, 2.45) is 4.99 Å². The molecule has 26 heavy (non-hydrogen) atoms. The average molecular weight is 481 g/mol. The lowest BCUT2D eigenvalue weighted by atomic mass is 10.1. The number of ether oxygens (including phenoxy) is 2. The van der Waals surface area contributed by atoms with E-state index in [2.05, 4.69) is 22.5 Å². The summed E-state index contributed by atoms with van der Waals surface area (Å²) in [5.41, 5.74) is 2.11. The topological polar surface area (TPSA) is 54.9 Å². The van der Waals surface area contributed by atoms with E-state index in [-0.39, 0.29) is 29.8 Å². The highest BCUT2D eigenvalue weighted by molar-refractivity contribution is 14.0. The Morgan fingerprint density at radius 3 is 2.42 bits per heavy atom. The van der Waals surface area contributed by atoms with Crippen molar-refractivity contribution in [1.29, 1.82) is 0 Å². The first-order chi connectivity index (χ1) is 12.2. The first kappa shape index (κ1) is 25.1. The number of nitrogens with zero attached hydrogens (tertiary/aromatic N) is 1. The normalized spacial score (nSPS) is 11.2. The van der Waals surface area contributed by atoms with Crippen molar-refractivity contribution in [2.45, 2.75) is 33.1 Å². The molecule has 0 radical (unpaired) electrons. The molecule has 2 N–H and O–H groups in total. The SMILES string of the molecule is CCCCOCCOCCNC(=NC)NCCc1ccc(F)cc1C.I. The fourth-order valence-electron chi connectivity index (χ4n) is 2.29. The van der Waals surface area contributed by atoms with Gasteiger partial charge in [0, 0.05) is 26.7 Å². The van der Waals surface area contributed by atoms with Crippen LogP contribution in [0.15, 0.2) is 23.2 Å². The van der Waals surface area contributed by atoms with E-state index in [1.54, 1.807) is 13.1 Å². The highest BCUT2D eigenvalue weighted by atomic mass is 127. The lowest BCUT2D eigenvalue weighted by molar-refractivity contribution is 0.0487. The molecular formula is C19H33FIN3O2. The third-order valence-corrected chi connectivity index (χ3v) is 3.77. The lowest BCUT2D eigenvalue weighted by Gasteiger charge is -2.13. The van der Waals surface area contributed by atoms with Gasteiger partial charge in [-0.3, -0.25) is 4.99 Å². The van der Waals surface area contributed by atoms with Crippen molar-refractivity contribution in [3.63, 3.8) is 0 Å². The van der Waals surface area contributed by atoms with Crippen molar-refractivity contribution < 1.29 is 13.9 Å². The van der Waals surface area contributed by atoms with Gasteiger partial charge >= 0.3 is 0 Å². The average Bonchev–Trinajstić information content (AvgIpc) is 2.60. The zero-order valence-corrected chi connectivity index (χ0v) is 18.5. The van der Waals surface area contributed by atoms with E-state index >= 15 is 0 Å². The van der Waals surface area contributed by atoms with Crippen LogP contribution in [-0.2, 0) is 15.9 Å². The van der Waals surface area contributed by atoms with Crippen LogP contribution in [0.5, 0.6) is 0 Å².